The minimum absolute atomic E-state index is 0.249. The first-order chi connectivity index (χ1) is 9.58. The fourth-order valence-corrected chi connectivity index (χ4v) is 1.65. The summed E-state index contributed by atoms with van der Waals surface area (Å²) in [7, 11) is 3.90. The highest BCUT2D eigenvalue weighted by Gasteiger charge is 2.06. The topological polar surface area (TPSA) is 57.8 Å². The van der Waals surface area contributed by atoms with E-state index in [9.17, 15) is 4.79 Å². The molecular weight excluding hydrogens is 254 g/mol. The van der Waals surface area contributed by atoms with Gasteiger partial charge in [0.15, 0.2) is 0 Å². The summed E-state index contributed by atoms with van der Waals surface area (Å²) in [5.74, 6) is 0.384. The third kappa shape index (κ3) is 3.26. The third-order valence-electron chi connectivity index (χ3n) is 2.85. The second-order valence-corrected chi connectivity index (χ2v) is 4.56. The Kier molecular flexibility index (Phi) is 4.20. The third-order valence-corrected chi connectivity index (χ3v) is 2.85. The number of amides is 1. The number of hydrogen-bond donors (Lipinski definition) is 1. The van der Waals surface area contributed by atoms with Gasteiger partial charge in [0.2, 0.25) is 0 Å². The number of hydrazone groups is 1. The summed E-state index contributed by atoms with van der Waals surface area (Å²) in [4.78, 5) is 13.9. The Bertz CT molecular complexity index is 599. The van der Waals surface area contributed by atoms with Crippen molar-refractivity contribution in [2.75, 3.05) is 19.0 Å². The summed E-state index contributed by atoms with van der Waals surface area (Å²) in [5.41, 5.74) is 4.73. The second-order valence-electron chi connectivity index (χ2n) is 4.56. The lowest BCUT2D eigenvalue weighted by atomic mass is 10.2. The molecule has 0 aliphatic rings. The molecule has 2 rings (SSSR count). The highest BCUT2D eigenvalue weighted by molar-refractivity contribution is 5.99. The van der Waals surface area contributed by atoms with Crippen LogP contribution in [0.1, 0.15) is 23.0 Å². The Morgan fingerprint density at radius 3 is 2.45 bits per heavy atom. The monoisotopic (exact) mass is 271 g/mol. The number of furan rings is 1. The zero-order chi connectivity index (χ0) is 14.5. The quantitative estimate of drug-likeness (QED) is 0.686. The first-order valence-electron chi connectivity index (χ1n) is 6.24. The maximum Gasteiger partial charge on any atom is 0.271 e. The number of rotatable bonds is 4. The predicted molar refractivity (Wildman–Crippen MR) is 79.2 cm³/mol. The lowest BCUT2D eigenvalue weighted by molar-refractivity contribution is 0.0955. The number of benzene rings is 1. The van der Waals surface area contributed by atoms with Crippen LogP contribution in [0.4, 0.5) is 5.69 Å². The average Bonchev–Trinajstić information content (AvgIpc) is 2.98. The molecule has 0 radical (unpaired) electrons. The van der Waals surface area contributed by atoms with Crippen LogP contribution in [0.5, 0.6) is 0 Å². The molecule has 1 aromatic heterocycles. The van der Waals surface area contributed by atoms with Crippen LogP contribution in [-0.2, 0) is 0 Å². The number of nitrogens with one attached hydrogen (secondary N) is 1. The number of hydrogen-bond acceptors (Lipinski definition) is 4. The maximum atomic E-state index is 11.9. The van der Waals surface area contributed by atoms with E-state index in [1.165, 1.54) is 0 Å². The van der Waals surface area contributed by atoms with Crippen molar-refractivity contribution in [3.8, 4) is 0 Å². The number of nitrogens with zero attached hydrogens (tertiary/aromatic N) is 2. The van der Waals surface area contributed by atoms with Gasteiger partial charge in [-0.15, -0.1) is 0 Å². The van der Waals surface area contributed by atoms with Gasteiger partial charge in [-0.05, 0) is 43.3 Å². The van der Waals surface area contributed by atoms with Gasteiger partial charge in [-0.2, -0.15) is 5.10 Å². The molecule has 0 bridgehead atoms. The van der Waals surface area contributed by atoms with Gasteiger partial charge in [-0.3, -0.25) is 4.79 Å². The molecule has 0 spiro atoms. The van der Waals surface area contributed by atoms with Crippen LogP contribution < -0.4 is 10.3 Å². The molecule has 0 aliphatic carbocycles. The molecule has 0 unspecified atom stereocenters. The van der Waals surface area contributed by atoms with Crippen molar-refractivity contribution in [3.05, 3.63) is 54.0 Å². The molecule has 1 heterocycles. The van der Waals surface area contributed by atoms with Crippen LogP contribution in [0.15, 0.2) is 52.2 Å². The first-order valence-corrected chi connectivity index (χ1v) is 6.24. The van der Waals surface area contributed by atoms with Crippen LogP contribution in [-0.4, -0.2) is 25.7 Å². The summed E-state index contributed by atoms with van der Waals surface area (Å²) in [6.45, 7) is 1.77. The van der Waals surface area contributed by atoms with E-state index in [0.29, 0.717) is 17.0 Å². The fourth-order valence-electron chi connectivity index (χ4n) is 1.65. The molecule has 104 valence electrons. The van der Waals surface area contributed by atoms with Crippen LogP contribution in [0, 0.1) is 0 Å². The molecule has 2 aromatic rings. The number of anilines is 1. The molecule has 1 N–H and O–H groups in total. The van der Waals surface area contributed by atoms with E-state index in [1.807, 2.05) is 31.1 Å². The van der Waals surface area contributed by atoms with Crippen LogP contribution >= 0.6 is 0 Å². The van der Waals surface area contributed by atoms with Crippen molar-refractivity contribution < 1.29 is 9.21 Å². The largest absolute Gasteiger partial charge is 0.463 e. The Balaban J connectivity index is 2.03. The van der Waals surface area contributed by atoms with E-state index < -0.39 is 0 Å². The van der Waals surface area contributed by atoms with E-state index in [-0.39, 0.29) is 5.91 Å². The molecule has 0 fully saturated rings. The number of carbonyl (C=O) groups excluding carboxylic acids is 1. The van der Waals surface area contributed by atoms with E-state index in [2.05, 4.69) is 10.5 Å². The van der Waals surface area contributed by atoms with Crippen molar-refractivity contribution >= 4 is 17.3 Å². The van der Waals surface area contributed by atoms with Crippen LogP contribution in [0.25, 0.3) is 0 Å². The minimum Gasteiger partial charge on any atom is -0.463 e. The minimum atomic E-state index is -0.249. The molecule has 0 aliphatic heterocycles. The fraction of sp³-hybridized carbons (Fsp3) is 0.200. The Morgan fingerprint density at radius 1 is 1.20 bits per heavy atom. The molecule has 1 amide bonds. The summed E-state index contributed by atoms with van der Waals surface area (Å²) in [6.07, 6.45) is 1.57. The van der Waals surface area contributed by atoms with Crippen molar-refractivity contribution in [1.29, 1.82) is 0 Å². The van der Waals surface area contributed by atoms with Crippen LogP contribution in [0.2, 0.25) is 0 Å². The summed E-state index contributed by atoms with van der Waals surface area (Å²) in [5, 5.41) is 4.01. The standard InChI is InChI=1S/C15H17N3O2/c1-11(14-5-4-10-20-14)16-17-15(19)12-6-8-13(9-7-12)18(2)3/h4-10H,1-3H3,(H,17,19). The van der Waals surface area contributed by atoms with E-state index in [1.54, 1.807) is 37.5 Å². The smallest absolute Gasteiger partial charge is 0.271 e. The SMILES string of the molecule is CC(=NNC(=O)c1ccc(N(C)C)cc1)c1ccco1. The number of carbonyl (C=O) groups is 1. The summed E-state index contributed by atoms with van der Waals surface area (Å²) in [6, 6.07) is 10.9. The zero-order valence-electron chi connectivity index (χ0n) is 11.8. The van der Waals surface area contributed by atoms with Gasteiger partial charge < -0.3 is 9.32 Å². The van der Waals surface area contributed by atoms with E-state index in [0.717, 1.165) is 5.69 Å². The average molecular weight is 271 g/mol. The van der Waals surface area contributed by atoms with Gasteiger partial charge in [0.1, 0.15) is 11.5 Å². The Morgan fingerprint density at radius 2 is 1.90 bits per heavy atom. The zero-order valence-corrected chi connectivity index (χ0v) is 11.8. The second kappa shape index (κ2) is 6.06. The van der Waals surface area contributed by atoms with Gasteiger partial charge in [-0.1, -0.05) is 0 Å². The summed E-state index contributed by atoms with van der Waals surface area (Å²) < 4.78 is 5.19. The highest BCUT2D eigenvalue weighted by atomic mass is 16.3. The van der Waals surface area contributed by atoms with E-state index >= 15 is 0 Å². The lowest BCUT2D eigenvalue weighted by Gasteiger charge is -2.12. The maximum absolute atomic E-state index is 11.9. The lowest BCUT2D eigenvalue weighted by Crippen LogP contribution is -2.19. The van der Waals surface area contributed by atoms with Gasteiger partial charge in [-0.25, -0.2) is 5.43 Å². The molecule has 20 heavy (non-hydrogen) atoms. The summed E-state index contributed by atoms with van der Waals surface area (Å²) >= 11 is 0. The molecule has 1 aromatic carbocycles. The Labute approximate surface area is 117 Å². The normalized spacial score (nSPS) is 11.2. The molecule has 5 heteroatoms. The predicted octanol–water partition coefficient (Wildman–Crippen LogP) is 2.50. The van der Waals surface area contributed by atoms with Crippen LogP contribution in [0.3, 0.4) is 0 Å². The molecule has 0 atom stereocenters. The molecule has 0 saturated carbocycles. The highest BCUT2D eigenvalue weighted by Crippen LogP contribution is 2.12. The molecule has 0 saturated heterocycles. The van der Waals surface area contributed by atoms with Gasteiger partial charge in [0.25, 0.3) is 5.91 Å². The molecular formula is C15H17N3O2. The van der Waals surface area contributed by atoms with Crippen molar-refractivity contribution in [3.63, 3.8) is 0 Å². The Hall–Kier alpha value is -2.56. The van der Waals surface area contributed by atoms with Crippen molar-refractivity contribution in [2.45, 2.75) is 6.92 Å². The first kappa shape index (κ1) is 13.9. The van der Waals surface area contributed by atoms with Crippen molar-refractivity contribution in [1.82, 2.24) is 5.43 Å². The van der Waals surface area contributed by atoms with Gasteiger partial charge >= 0.3 is 0 Å². The van der Waals surface area contributed by atoms with Crippen molar-refractivity contribution in [2.24, 2.45) is 5.10 Å². The molecule has 5 nitrogen and oxygen atoms in total. The van der Waals surface area contributed by atoms with Gasteiger partial charge in [0.05, 0.1) is 6.26 Å². The van der Waals surface area contributed by atoms with E-state index in [4.69, 9.17) is 4.42 Å². The van der Waals surface area contributed by atoms with Gasteiger partial charge in [0, 0.05) is 25.3 Å².